The third kappa shape index (κ3) is 3.57. The van der Waals surface area contributed by atoms with Gasteiger partial charge in [0.25, 0.3) is 5.69 Å². The van der Waals surface area contributed by atoms with Crippen LogP contribution in [0.25, 0.3) is 0 Å². The SMILES string of the molecule is CC(C)(C)[C@@H](c1cc(F)ccc1[N+](=O)[O-])N1CCNCC1. The maximum atomic E-state index is 13.7. The minimum absolute atomic E-state index is 0.00476. The number of benzene rings is 1. The molecule has 0 amide bonds. The fourth-order valence-corrected chi connectivity index (χ4v) is 3.06. The van der Waals surface area contributed by atoms with Crippen molar-refractivity contribution in [1.82, 2.24) is 10.2 Å². The van der Waals surface area contributed by atoms with Crippen LogP contribution in [0.15, 0.2) is 18.2 Å². The summed E-state index contributed by atoms with van der Waals surface area (Å²) in [5.74, 6) is -0.431. The number of nitrogens with one attached hydrogen (secondary N) is 1. The quantitative estimate of drug-likeness (QED) is 0.688. The monoisotopic (exact) mass is 295 g/mol. The first-order valence-electron chi connectivity index (χ1n) is 7.19. The molecule has 0 unspecified atom stereocenters. The molecular formula is C15H22FN3O2. The van der Waals surface area contributed by atoms with Gasteiger partial charge in [0.2, 0.25) is 0 Å². The van der Waals surface area contributed by atoms with E-state index in [0.29, 0.717) is 5.56 Å². The van der Waals surface area contributed by atoms with Crippen LogP contribution in [0.3, 0.4) is 0 Å². The van der Waals surface area contributed by atoms with Crippen LogP contribution in [0.5, 0.6) is 0 Å². The number of nitro groups is 1. The number of piperazine rings is 1. The summed E-state index contributed by atoms with van der Waals surface area (Å²) in [6.45, 7) is 9.40. The summed E-state index contributed by atoms with van der Waals surface area (Å²) in [4.78, 5) is 13.1. The van der Waals surface area contributed by atoms with Crippen LogP contribution in [0.4, 0.5) is 10.1 Å². The van der Waals surface area contributed by atoms with Crippen LogP contribution in [0.1, 0.15) is 32.4 Å². The van der Waals surface area contributed by atoms with Crippen molar-refractivity contribution in [1.29, 1.82) is 0 Å². The molecule has 1 N–H and O–H groups in total. The smallest absolute Gasteiger partial charge is 0.274 e. The predicted molar refractivity (Wildman–Crippen MR) is 79.7 cm³/mol. The van der Waals surface area contributed by atoms with E-state index >= 15 is 0 Å². The minimum atomic E-state index is -0.431. The summed E-state index contributed by atoms with van der Waals surface area (Å²) < 4.78 is 13.7. The van der Waals surface area contributed by atoms with E-state index < -0.39 is 10.7 Å². The second-order valence-electron chi connectivity index (χ2n) is 6.51. The summed E-state index contributed by atoms with van der Waals surface area (Å²) in [6.07, 6.45) is 0. The molecule has 1 aromatic rings. The molecule has 0 aromatic heterocycles. The van der Waals surface area contributed by atoms with Crippen LogP contribution in [0, 0.1) is 21.3 Å². The molecule has 1 atom stereocenters. The topological polar surface area (TPSA) is 58.4 Å². The highest BCUT2D eigenvalue weighted by Gasteiger charge is 2.36. The zero-order valence-corrected chi connectivity index (χ0v) is 12.7. The molecule has 0 radical (unpaired) electrons. The Kier molecular flexibility index (Phi) is 4.58. The Bertz CT molecular complexity index is 522. The molecule has 1 fully saturated rings. The molecule has 116 valence electrons. The van der Waals surface area contributed by atoms with Crippen LogP contribution >= 0.6 is 0 Å². The second-order valence-corrected chi connectivity index (χ2v) is 6.51. The van der Waals surface area contributed by atoms with Crippen molar-refractivity contribution >= 4 is 5.69 Å². The molecule has 1 heterocycles. The van der Waals surface area contributed by atoms with Gasteiger partial charge in [-0.05, 0) is 17.5 Å². The molecule has 5 nitrogen and oxygen atoms in total. The van der Waals surface area contributed by atoms with E-state index in [-0.39, 0.29) is 17.1 Å². The summed E-state index contributed by atoms with van der Waals surface area (Å²) in [7, 11) is 0. The maximum Gasteiger partial charge on any atom is 0.274 e. The highest BCUT2D eigenvalue weighted by Crippen LogP contribution is 2.42. The molecule has 1 aliphatic rings. The van der Waals surface area contributed by atoms with Crippen molar-refractivity contribution in [2.75, 3.05) is 26.2 Å². The molecule has 21 heavy (non-hydrogen) atoms. The van der Waals surface area contributed by atoms with Gasteiger partial charge in [0.15, 0.2) is 0 Å². The van der Waals surface area contributed by atoms with Gasteiger partial charge >= 0.3 is 0 Å². The molecule has 1 aliphatic heterocycles. The van der Waals surface area contributed by atoms with Crippen LogP contribution in [-0.4, -0.2) is 36.0 Å². The molecule has 2 rings (SSSR count). The summed E-state index contributed by atoms with van der Waals surface area (Å²) in [5.41, 5.74) is 0.236. The fraction of sp³-hybridized carbons (Fsp3) is 0.600. The highest BCUT2D eigenvalue weighted by molar-refractivity contribution is 5.43. The van der Waals surface area contributed by atoms with Gasteiger partial charge in [-0.25, -0.2) is 4.39 Å². The van der Waals surface area contributed by atoms with Gasteiger partial charge in [-0.2, -0.15) is 0 Å². The Morgan fingerprint density at radius 3 is 2.48 bits per heavy atom. The highest BCUT2D eigenvalue weighted by atomic mass is 19.1. The lowest BCUT2D eigenvalue weighted by molar-refractivity contribution is -0.386. The van der Waals surface area contributed by atoms with Crippen LogP contribution < -0.4 is 5.32 Å². The van der Waals surface area contributed by atoms with Gasteiger partial charge in [0.1, 0.15) is 5.82 Å². The van der Waals surface area contributed by atoms with E-state index in [1.54, 1.807) is 0 Å². The first-order chi connectivity index (χ1) is 9.80. The molecule has 6 heteroatoms. The third-order valence-corrected chi connectivity index (χ3v) is 3.82. The van der Waals surface area contributed by atoms with Crippen LogP contribution in [0.2, 0.25) is 0 Å². The van der Waals surface area contributed by atoms with Crippen molar-refractivity contribution in [2.45, 2.75) is 26.8 Å². The van der Waals surface area contributed by atoms with Crippen molar-refractivity contribution in [2.24, 2.45) is 5.41 Å². The summed E-state index contributed by atoms with van der Waals surface area (Å²) in [6, 6.07) is 3.55. The largest absolute Gasteiger partial charge is 0.314 e. The molecule has 0 aliphatic carbocycles. The summed E-state index contributed by atoms with van der Waals surface area (Å²) >= 11 is 0. The van der Waals surface area contributed by atoms with Crippen LogP contribution in [-0.2, 0) is 0 Å². The van der Waals surface area contributed by atoms with Crippen molar-refractivity contribution in [3.05, 3.63) is 39.7 Å². The molecule has 0 spiro atoms. The van der Waals surface area contributed by atoms with E-state index in [4.69, 9.17) is 0 Å². The zero-order valence-electron chi connectivity index (χ0n) is 12.7. The number of halogens is 1. The van der Waals surface area contributed by atoms with Gasteiger partial charge in [-0.15, -0.1) is 0 Å². The summed E-state index contributed by atoms with van der Waals surface area (Å²) in [5, 5.41) is 14.6. The molecule has 1 saturated heterocycles. The average Bonchev–Trinajstić information content (AvgIpc) is 2.38. The molecular weight excluding hydrogens is 273 g/mol. The first-order valence-corrected chi connectivity index (χ1v) is 7.19. The Hall–Kier alpha value is -1.53. The lowest BCUT2D eigenvalue weighted by atomic mass is 9.80. The predicted octanol–water partition coefficient (Wildman–Crippen LogP) is 2.73. The van der Waals surface area contributed by atoms with Crippen molar-refractivity contribution in [3.8, 4) is 0 Å². The number of rotatable bonds is 3. The normalized spacial score (nSPS) is 18.5. The molecule has 0 saturated carbocycles. The van der Waals surface area contributed by atoms with E-state index in [1.165, 1.54) is 12.1 Å². The van der Waals surface area contributed by atoms with Crippen molar-refractivity contribution in [3.63, 3.8) is 0 Å². The molecule has 1 aromatic carbocycles. The minimum Gasteiger partial charge on any atom is -0.314 e. The lowest BCUT2D eigenvalue weighted by Gasteiger charge is -2.42. The first kappa shape index (κ1) is 15.9. The zero-order chi connectivity index (χ0) is 15.6. The number of hydrogen-bond acceptors (Lipinski definition) is 4. The van der Waals surface area contributed by atoms with E-state index in [1.807, 2.05) is 20.8 Å². The number of hydrogen-bond donors (Lipinski definition) is 1. The van der Waals surface area contributed by atoms with E-state index in [0.717, 1.165) is 32.2 Å². The van der Waals surface area contributed by atoms with Gasteiger partial charge < -0.3 is 5.32 Å². The number of nitro benzene ring substituents is 1. The lowest BCUT2D eigenvalue weighted by Crippen LogP contribution is -2.48. The van der Waals surface area contributed by atoms with E-state index in [2.05, 4.69) is 10.2 Å². The molecule has 0 bridgehead atoms. The Balaban J connectivity index is 2.50. The average molecular weight is 295 g/mol. The van der Waals surface area contributed by atoms with Gasteiger partial charge in [0, 0.05) is 38.3 Å². The van der Waals surface area contributed by atoms with Gasteiger partial charge in [-0.1, -0.05) is 20.8 Å². The maximum absolute atomic E-state index is 13.7. The van der Waals surface area contributed by atoms with Gasteiger partial charge in [-0.3, -0.25) is 15.0 Å². The Morgan fingerprint density at radius 1 is 1.33 bits per heavy atom. The third-order valence-electron chi connectivity index (χ3n) is 3.82. The number of nitrogens with zero attached hydrogens (tertiary/aromatic N) is 2. The van der Waals surface area contributed by atoms with Crippen molar-refractivity contribution < 1.29 is 9.31 Å². The Labute approximate surface area is 124 Å². The Morgan fingerprint density at radius 2 is 1.95 bits per heavy atom. The standard InChI is InChI=1S/C15H22FN3O2/c1-15(2,3)14(18-8-6-17-7-9-18)12-10-11(16)4-5-13(12)19(20)21/h4-5,10,14,17H,6-9H2,1-3H3/t14-/m1/s1. The van der Waals surface area contributed by atoms with E-state index in [9.17, 15) is 14.5 Å². The fourth-order valence-electron chi connectivity index (χ4n) is 3.06. The van der Waals surface area contributed by atoms with Gasteiger partial charge in [0.05, 0.1) is 10.5 Å². The second kappa shape index (κ2) is 6.07.